The van der Waals surface area contributed by atoms with Gasteiger partial charge in [-0.15, -0.1) is 0 Å². The fraction of sp³-hybridized carbons (Fsp3) is 0. The third-order valence-electron chi connectivity index (χ3n) is 11.9. The van der Waals surface area contributed by atoms with Crippen LogP contribution in [0.2, 0.25) is 0 Å². The van der Waals surface area contributed by atoms with Gasteiger partial charge in [-0.25, -0.2) is 0 Å². The van der Waals surface area contributed by atoms with Gasteiger partial charge in [0.25, 0.3) is 0 Å². The highest BCUT2D eigenvalue weighted by molar-refractivity contribution is 6.13. The second-order valence-corrected chi connectivity index (χ2v) is 15.1. The minimum atomic E-state index is 0.846. The van der Waals surface area contributed by atoms with E-state index < -0.39 is 0 Å². The van der Waals surface area contributed by atoms with E-state index in [0.29, 0.717) is 0 Å². The van der Waals surface area contributed by atoms with E-state index in [-0.39, 0.29) is 0 Å². The Balaban J connectivity index is 0.923. The van der Waals surface area contributed by atoms with E-state index in [1.165, 1.54) is 43.8 Å². The third kappa shape index (κ3) is 4.48. The fourth-order valence-corrected chi connectivity index (χ4v) is 9.24. The van der Waals surface area contributed by atoms with Crippen molar-refractivity contribution >= 4 is 87.5 Å². The number of rotatable bonds is 4. The molecule has 0 amide bonds. The molecule has 6 nitrogen and oxygen atoms in total. The average molecular weight is 743 g/mol. The quantitative estimate of drug-likeness (QED) is 0.180. The Labute approximate surface area is 330 Å². The van der Waals surface area contributed by atoms with Crippen LogP contribution in [0.3, 0.4) is 0 Å². The van der Waals surface area contributed by atoms with Crippen molar-refractivity contribution in [2.24, 2.45) is 0 Å². The lowest BCUT2D eigenvalue weighted by Crippen LogP contribution is -1.93. The first-order chi connectivity index (χ1) is 28.7. The highest BCUT2D eigenvalue weighted by Gasteiger charge is 2.18. The molecule has 13 aromatic rings. The molecule has 0 spiro atoms. The maximum atomic E-state index is 6.13. The summed E-state index contributed by atoms with van der Waals surface area (Å²) in [6.07, 6.45) is 7.32. The molecule has 0 unspecified atom stereocenters. The van der Waals surface area contributed by atoms with Crippen LogP contribution in [-0.2, 0) is 0 Å². The number of aromatic nitrogens is 4. The van der Waals surface area contributed by atoms with E-state index in [2.05, 4.69) is 165 Å². The summed E-state index contributed by atoms with van der Waals surface area (Å²) >= 11 is 0. The first-order valence-electron chi connectivity index (χ1n) is 19.4. The number of benzene rings is 7. The zero-order chi connectivity index (χ0) is 37.9. The van der Waals surface area contributed by atoms with E-state index in [1.807, 2.05) is 24.5 Å². The normalized spacial score (nSPS) is 12.1. The Morgan fingerprint density at radius 1 is 0.310 bits per heavy atom. The Morgan fingerprint density at radius 2 is 0.759 bits per heavy atom. The molecular formula is C52H30N4O2. The van der Waals surface area contributed by atoms with Gasteiger partial charge in [-0.2, -0.15) is 0 Å². The second kappa shape index (κ2) is 11.8. The molecule has 0 saturated carbocycles. The maximum absolute atomic E-state index is 6.13. The first-order valence-corrected chi connectivity index (χ1v) is 19.4. The fourth-order valence-electron chi connectivity index (χ4n) is 9.24. The highest BCUT2D eigenvalue weighted by atomic mass is 16.3. The average Bonchev–Trinajstić information content (AvgIpc) is 4.03. The Kier molecular flexibility index (Phi) is 6.35. The Morgan fingerprint density at radius 3 is 1.28 bits per heavy atom. The number of hydrogen-bond acceptors (Lipinski definition) is 4. The van der Waals surface area contributed by atoms with Gasteiger partial charge in [0.2, 0.25) is 0 Å². The second-order valence-electron chi connectivity index (χ2n) is 15.1. The van der Waals surface area contributed by atoms with E-state index in [9.17, 15) is 0 Å². The zero-order valence-electron chi connectivity index (χ0n) is 30.9. The van der Waals surface area contributed by atoms with Gasteiger partial charge in [-0.3, -0.25) is 9.97 Å². The van der Waals surface area contributed by atoms with Gasteiger partial charge in [0.05, 0.1) is 22.1 Å². The molecule has 0 aliphatic heterocycles. The van der Waals surface area contributed by atoms with Crippen molar-refractivity contribution in [3.63, 3.8) is 0 Å². The molecule has 7 aromatic carbocycles. The predicted octanol–water partition coefficient (Wildman–Crippen LogP) is 13.8. The van der Waals surface area contributed by atoms with E-state index >= 15 is 0 Å². The summed E-state index contributed by atoms with van der Waals surface area (Å²) < 4.78 is 17.0. The highest BCUT2D eigenvalue weighted by Crippen LogP contribution is 2.40. The van der Waals surface area contributed by atoms with Crippen LogP contribution in [0, 0.1) is 0 Å². The van der Waals surface area contributed by atoms with Crippen LogP contribution in [0.25, 0.3) is 121 Å². The number of hydrogen-bond donors (Lipinski definition) is 0. The van der Waals surface area contributed by atoms with Gasteiger partial charge >= 0.3 is 0 Å². The molecule has 0 aliphatic carbocycles. The van der Waals surface area contributed by atoms with Crippen molar-refractivity contribution in [2.75, 3.05) is 0 Å². The molecule has 6 aromatic heterocycles. The van der Waals surface area contributed by atoms with Crippen molar-refractivity contribution in [3.05, 3.63) is 183 Å². The summed E-state index contributed by atoms with van der Waals surface area (Å²) in [6.45, 7) is 0. The van der Waals surface area contributed by atoms with Gasteiger partial charge in [0.15, 0.2) is 0 Å². The summed E-state index contributed by atoms with van der Waals surface area (Å²) in [5.74, 6) is 0. The SMILES string of the molecule is c1cc(-c2ccc3c(c2)c2ccccc2n3-c2ccc3oc4ccncc4c3c2)cc(-c2ccc3c(c2)c2ccccc2n3-c2ccc3oc4ccncc4c3c2)c1. The number of fused-ring (bicyclic) bond motifs is 12. The van der Waals surface area contributed by atoms with Crippen molar-refractivity contribution in [1.29, 1.82) is 0 Å². The van der Waals surface area contributed by atoms with E-state index in [1.54, 1.807) is 12.4 Å². The van der Waals surface area contributed by atoms with Crippen molar-refractivity contribution in [3.8, 4) is 33.6 Å². The minimum Gasteiger partial charge on any atom is -0.456 e. The molecular weight excluding hydrogens is 713 g/mol. The summed E-state index contributed by atoms with van der Waals surface area (Å²) in [5, 5.41) is 9.02. The van der Waals surface area contributed by atoms with Crippen LogP contribution >= 0.6 is 0 Å². The maximum Gasteiger partial charge on any atom is 0.138 e. The van der Waals surface area contributed by atoms with Gasteiger partial charge < -0.3 is 18.0 Å². The largest absolute Gasteiger partial charge is 0.456 e. The van der Waals surface area contributed by atoms with Crippen molar-refractivity contribution in [1.82, 2.24) is 19.1 Å². The van der Waals surface area contributed by atoms with Crippen LogP contribution in [0.1, 0.15) is 0 Å². The topological polar surface area (TPSA) is 61.9 Å². The third-order valence-corrected chi connectivity index (χ3v) is 11.9. The molecule has 6 heteroatoms. The Bertz CT molecular complexity index is 3580. The predicted molar refractivity (Wildman–Crippen MR) is 236 cm³/mol. The molecule has 0 saturated heterocycles. The molecule has 0 atom stereocenters. The molecule has 13 rings (SSSR count). The molecule has 0 fully saturated rings. The summed E-state index contributed by atoms with van der Waals surface area (Å²) in [4.78, 5) is 8.74. The van der Waals surface area contributed by atoms with Crippen LogP contribution in [-0.4, -0.2) is 19.1 Å². The molecule has 0 bridgehead atoms. The number of para-hydroxylation sites is 2. The lowest BCUT2D eigenvalue weighted by molar-refractivity contribution is 0.668. The van der Waals surface area contributed by atoms with E-state index in [0.717, 1.165) is 77.3 Å². The number of furan rings is 2. The van der Waals surface area contributed by atoms with Crippen molar-refractivity contribution in [2.45, 2.75) is 0 Å². The van der Waals surface area contributed by atoms with E-state index in [4.69, 9.17) is 8.83 Å². The molecule has 58 heavy (non-hydrogen) atoms. The monoisotopic (exact) mass is 742 g/mol. The number of pyridine rings is 2. The van der Waals surface area contributed by atoms with Crippen LogP contribution in [0.5, 0.6) is 0 Å². The van der Waals surface area contributed by atoms with Crippen molar-refractivity contribution < 1.29 is 8.83 Å². The molecule has 0 N–H and O–H groups in total. The first kappa shape index (κ1) is 31.3. The lowest BCUT2D eigenvalue weighted by atomic mass is 9.97. The number of nitrogens with zero attached hydrogens (tertiary/aromatic N) is 4. The van der Waals surface area contributed by atoms with Crippen LogP contribution < -0.4 is 0 Å². The summed E-state index contributed by atoms with van der Waals surface area (Å²) in [6, 6.07) is 56.7. The minimum absolute atomic E-state index is 0.846. The molecule has 6 heterocycles. The molecule has 0 radical (unpaired) electrons. The molecule has 270 valence electrons. The Hall–Kier alpha value is -7.96. The summed E-state index contributed by atoms with van der Waals surface area (Å²) in [5.41, 5.74) is 14.9. The smallest absolute Gasteiger partial charge is 0.138 e. The van der Waals surface area contributed by atoms with Crippen LogP contribution in [0.4, 0.5) is 0 Å². The van der Waals surface area contributed by atoms with Gasteiger partial charge in [-0.1, -0.05) is 66.7 Å². The zero-order valence-corrected chi connectivity index (χ0v) is 30.9. The van der Waals surface area contributed by atoms with Gasteiger partial charge in [0.1, 0.15) is 22.3 Å². The summed E-state index contributed by atoms with van der Waals surface area (Å²) in [7, 11) is 0. The van der Waals surface area contributed by atoms with Crippen LogP contribution in [0.15, 0.2) is 191 Å². The molecule has 0 aliphatic rings. The van der Waals surface area contributed by atoms with Gasteiger partial charge in [-0.05, 0) is 113 Å². The van der Waals surface area contributed by atoms with Gasteiger partial charge in [0, 0.05) is 79.3 Å². The standard InChI is InChI=1S/C52H30N4O2/c1-3-10-45-37(8-1)39-25-33(12-16-47(39)55(45)35-14-18-49-41(27-35)43-29-53-22-20-51(43)57-49)31-6-5-7-32(24-31)34-13-17-48-40(26-34)38-9-2-4-11-46(38)56(48)36-15-19-50-42(28-36)44-30-54-23-21-52(44)58-50/h1-30H. The lowest BCUT2D eigenvalue weighted by Gasteiger charge is -2.10.